The van der Waals surface area contributed by atoms with Gasteiger partial charge in [-0.1, -0.05) is 67.9 Å². The summed E-state index contributed by atoms with van der Waals surface area (Å²) < 4.78 is 7.05. The molecular weight excluding hydrogens is 432 g/mol. The molecule has 0 N–H and O–H groups in total. The fourth-order valence-corrected chi connectivity index (χ4v) is 5.26. The van der Waals surface area contributed by atoms with Crippen molar-refractivity contribution in [1.82, 2.24) is 5.06 Å². The Morgan fingerprint density at radius 2 is 1.72 bits per heavy atom. The van der Waals surface area contributed by atoms with Crippen molar-refractivity contribution >= 4 is 27.5 Å². The van der Waals surface area contributed by atoms with E-state index in [0.717, 1.165) is 0 Å². The molecule has 5 nitrogen and oxygen atoms in total. The van der Waals surface area contributed by atoms with Crippen molar-refractivity contribution in [2.45, 2.75) is 39.8 Å². The molecule has 2 aromatic rings. The molecule has 0 spiro atoms. The van der Waals surface area contributed by atoms with Crippen LogP contribution in [0.2, 0.25) is 0 Å². The Kier molecular flexibility index (Phi) is 5.75. The molecule has 0 aromatic heterocycles. The van der Waals surface area contributed by atoms with E-state index in [1.807, 2.05) is 24.3 Å². The second kappa shape index (κ2) is 7.81. The first-order valence-corrected chi connectivity index (χ1v) is 10.2. The summed E-state index contributed by atoms with van der Waals surface area (Å²) in [5, 5.41) is 1.48. The van der Waals surface area contributed by atoms with E-state index in [1.165, 1.54) is 12.2 Å². The topological polar surface area (TPSA) is 43.1 Å². The molecule has 1 aliphatic rings. The average molecular weight is 457 g/mol. The molecule has 0 aliphatic heterocycles. The second-order valence-electron chi connectivity index (χ2n) is 8.45. The first-order valence-electron chi connectivity index (χ1n) is 9.41. The number of rotatable bonds is 5. The van der Waals surface area contributed by atoms with Gasteiger partial charge in [0.15, 0.2) is 0 Å². The normalized spacial score (nSPS) is 21.6. The van der Waals surface area contributed by atoms with E-state index in [9.17, 15) is 4.79 Å². The summed E-state index contributed by atoms with van der Waals surface area (Å²) in [4.78, 5) is 22.1. The van der Waals surface area contributed by atoms with Gasteiger partial charge in [-0.05, 0) is 24.3 Å². The molecule has 0 atom stereocenters. The second-order valence-corrected chi connectivity index (χ2v) is 9.30. The van der Waals surface area contributed by atoms with E-state index in [0.29, 0.717) is 21.5 Å². The van der Waals surface area contributed by atoms with Gasteiger partial charge in [-0.2, -0.15) is 0 Å². The predicted molar refractivity (Wildman–Crippen MR) is 116 cm³/mol. The summed E-state index contributed by atoms with van der Waals surface area (Å²) in [5.41, 5.74) is 0.425. The quantitative estimate of drug-likeness (QED) is 0.416. The van der Waals surface area contributed by atoms with Crippen molar-refractivity contribution in [3.8, 4) is 5.75 Å². The molecule has 1 amide bonds. The van der Waals surface area contributed by atoms with Crippen LogP contribution in [0, 0.1) is 17.4 Å². The lowest BCUT2D eigenvalue weighted by molar-refractivity contribution is -0.273. The number of hydrogen-bond donors (Lipinski definition) is 0. The molecule has 1 aliphatic carbocycles. The van der Waals surface area contributed by atoms with Crippen molar-refractivity contribution in [2.75, 3.05) is 7.11 Å². The summed E-state index contributed by atoms with van der Waals surface area (Å²) >= 11 is 3.42. The van der Waals surface area contributed by atoms with Gasteiger partial charge in [0.1, 0.15) is 11.9 Å². The number of nitrogens with zero attached hydrogens (tertiary/aromatic N) is 2. The molecule has 152 valence electrons. The van der Waals surface area contributed by atoms with Crippen LogP contribution in [0.3, 0.4) is 0 Å². The van der Waals surface area contributed by atoms with Crippen molar-refractivity contribution < 1.29 is 14.4 Å². The fourth-order valence-electron chi connectivity index (χ4n) is 4.82. The summed E-state index contributed by atoms with van der Waals surface area (Å²) in [5.74, 6) is 0.522. The Balaban J connectivity index is 1.86. The molecule has 1 fully saturated rings. The van der Waals surface area contributed by atoms with Gasteiger partial charge in [-0.3, -0.25) is 9.63 Å². The maximum atomic E-state index is 13.1. The van der Waals surface area contributed by atoms with E-state index in [2.05, 4.69) is 48.5 Å². The Morgan fingerprint density at radius 1 is 1.10 bits per heavy atom. The van der Waals surface area contributed by atoms with Crippen LogP contribution in [0.25, 0.3) is 4.85 Å². The molecule has 0 radical (unpaired) electrons. The molecule has 2 aromatic carbocycles. The largest absolute Gasteiger partial charge is 0.489 e. The molecule has 29 heavy (non-hydrogen) atoms. The van der Waals surface area contributed by atoms with E-state index >= 15 is 0 Å². The van der Waals surface area contributed by atoms with Gasteiger partial charge in [0.05, 0.1) is 19.7 Å². The highest BCUT2D eigenvalue weighted by molar-refractivity contribution is 9.10. The minimum absolute atomic E-state index is 0.146. The lowest BCUT2D eigenvalue weighted by Crippen LogP contribution is -2.75. The number of amides is 1. The van der Waals surface area contributed by atoms with Crippen molar-refractivity contribution in [3.63, 3.8) is 0 Å². The molecule has 0 unspecified atom stereocenters. The van der Waals surface area contributed by atoms with Crippen LogP contribution in [0.4, 0.5) is 5.69 Å². The number of hydroxylamine groups is 2. The van der Waals surface area contributed by atoms with Gasteiger partial charge in [0.25, 0.3) is 5.91 Å². The number of carbonyl (C=O) groups is 1. The zero-order valence-electron chi connectivity index (χ0n) is 17.3. The monoisotopic (exact) mass is 456 g/mol. The van der Waals surface area contributed by atoms with Gasteiger partial charge in [-0.25, -0.2) is 9.91 Å². The van der Waals surface area contributed by atoms with Gasteiger partial charge in [0.2, 0.25) is 5.69 Å². The van der Waals surface area contributed by atoms with Crippen LogP contribution in [0.5, 0.6) is 5.75 Å². The van der Waals surface area contributed by atoms with Crippen LogP contribution in [-0.4, -0.2) is 30.2 Å². The maximum Gasteiger partial charge on any atom is 0.277 e. The van der Waals surface area contributed by atoms with Gasteiger partial charge >= 0.3 is 0 Å². The van der Waals surface area contributed by atoms with Crippen molar-refractivity contribution in [2.24, 2.45) is 10.8 Å². The third-order valence-corrected chi connectivity index (χ3v) is 6.34. The van der Waals surface area contributed by atoms with Gasteiger partial charge in [0, 0.05) is 20.9 Å². The molecule has 6 heteroatoms. The van der Waals surface area contributed by atoms with Crippen molar-refractivity contribution in [3.05, 3.63) is 70.0 Å². The maximum absolute atomic E-state index is 13.1. The SMILES string of the molecule is [C-]#[N+]c1ccc(OC2C(C)(C)C(N(OC)C(=O)c3ccccc3)C2(C)C)cc1Br. The van der Waals surface area contributed by atoms with E-state index in [1.54, 1.807) is 24.3 Å². The number of benzene rings is 2. The van der Waals surface area contributed by atoms with Gasteiger partial charge < -0.3 is 4.74 Å². The zero-order valence-corrected chi connectivity index (χ0v) is 18.9. The Bertz CT molecular complexity index is 934. The minimum atomic E-state index is -0.352. The highest BCUT2D eigenvalue weighted by Gasteiger charge is 2.67. The smallest absolute Gasteiger partial charge is 0.277 e. The lowest BCUT2D eigenvalue weighted by atomic mass is 9.49. The number of carbonyl (C=O) groups excluding carboxylic acids is 1. The molecule has 0 heterocycles. The van der Waals surface area contributed by atoms with Crippen LogP contribution in [-0.2, 0) is 4.84 Å². The number of halogens is 1. The van der Waals surface area contributed by atoms with Gasteiger partial charge in [-0.15, -0.1) is 0 Å². The molecule has 0 bridgehead atoms. The van der Waals surface area contributed by atoms with Crippen LogP contribution in [0.15, 0.2) is 53.0 Å². The minimum Gasteiger partial charge on any atom is -0.489 e. The summed E-state index contributed by atoms with van der Waals surface area (Å²) in [7, 11) is 1.53. The first kappa shape index (κ1) is 21.4. The third-order valence-electron chi connectivity index (χ3n) is 5.71. The summed E-state index contributed by atoms with van der Waals surface area (Å²) in [6, 6.07) is 14.3. The molecular formula is C23H25BrN2O3. The number of ether oxygens (including phenoxy) is 1. The molecule has 1 saturated carbocycles. The lowest BCUT2D eigenvalue weighted by Gasteiger charge is -2.64. The van der Waals surface area contributed by atoms with Crippen LogP contribution < -0.4 is 4.74 Å². The average Bonchev–Trinajstić information content (AvgIpc) is 2.69. The van der Waals surface area contributed by atoms with E-state index in [-0.39, 0.29) is 28.9 Å². The fraction of sp³-hybridized carbons (Fsp3) is 0.391. The molecule has 3 rings (SSSR count). The molecule has 0 saturated heterocycles. The van der Waals surface area contributed by atoms with Crippen LogP contribution in [0.1, 0.15) is 38.1 Å². The predicted octanol–water partition coefficient (Wildman–Crippen LogP) is 5.89. The van der Waals surface area contributed by atoms with E-state index in [4.69, 9.17) is 16.1 Å². The third kappa shape index (κ3) is 3.65. The van der Waals surface area contributed by atoms with E-state index < -0.39 is 0 Å². The Morgan fingerprint density at radius 3 is 2.24 bits per heavy atom. The zero-order chi connectivity index (χ0) is 21.4. The Labute approximate surface area is 180 Å². The standard InChI is InChI=1S/C23H25BrN2O3/c1-22(2)20(26(28-6)19(27)15-10-8-7-9-11-15)23(3,4)21(22)29-16-12-13-18(25-5)17(24)14-16/h7-14,20-21H,1-4,6H3. The highest BCUT2D eigenvalue weighted by atomic mass is 79.9. The number of hydrogen-bond acceptors (Lipinski definition) is 3. The van der Waals surface area contributed by atoms with Crippen LogP contribution >= 0.6 is 15.9 Å². The first-order chi connectivity index (χ1) is 13.6. The Hall–Kier alpha value is -2.36. The highest BCUT2D eigenvalue weighted by Crippen LogP contribution is 2.58. The summed E-state index contributed by atoms with van der Waals surface area (Å²) in [6.07, 6.45) is -0.146. The summed E-state index contributed by atoms with van der Waals surface area (Å²) in [6.45, 7) is 15.5. The van der Waals surface area contributed by atoms with Crippen molar-refractivity contribution in [1.29, 1.82) is 0 Å².